The molecule has 1 aromatic rings. The zero-order valence-electron chi connectivity index (χ0n) is 7.95. The zero-order valence-corrected chi connectivity index (χ0v) is 8.71. The third kappa shape index (κ3) is 2.17. The number of benzene rings is 1. The van der Waals surface area contributed by atoms with Crippen LogP contribution in [0.15, 0.2) is 18.2 Å². The molecule has 0 spiro atoms. The van der Waals surface area contributed by atoms with E-state index in [1.165, 1.54) is 0 Å². The summed E-state index contributed by atoms with van der Waals surface area (Å²) >= 11 is 5.18. The summed E-state index contributed by atoms with van der Waals surface area (Å²) in [5.74, 6) is -0.836. The van der Waals surface area contributed by atoms with Crippen molar-refractivity contribution in [3.8, 4) is 5.75 Å². The highest BCUT2D eigenvalue weighted by Crippen LogP contribution is 2.24. The van der Waals surface area contributed by atoms with E-state index < -0.39 is 11.9 Å². The lowest BCUT2D eigenvalue weighted by Crippen LogP contribution is -2.08. The normalized spacial score (nSPS) is 12.2. The SMILES string of the molecule is Cc1cc(OCl)ccc1[C@@H](C)C(=O)O. The first-order valence-electron chi connectivity index (χ1n) is 4.18. The number of aliphatic carboxylic acids is 1. The summed E-state index contributed by atoms with van der Waals surface area (Å²) in [5, 5.41) is 8.83. The summed E-state index contributed by atoms with van der Waals surface area (Å²) in [4.78, 5) is 10.7. The lowest BCUT2D eigenvalue weighted by Gasteiger charge is -2.10. The number of carboxylic acids is 1. The lowest BCUT2D eigenvalue weighted by atomic mass is 9.96. The van der Waals surface area contributed by atoms with Gasteiger partial charge in [0.2, 0.25) is 0 Å². The van der Waals surface area contributed by atoms with Gasteiger partial charge in [0, 0.05) is 0 Å². The van der Waals surface area contributed by atoms with Crippen LogP contribution in [0.1, 0.15) is 24.0 Å². The molecule has 0 heterocycles. The molecule has 1 atom stereocenters. The first-order valence-corrected chi connectivity index (χ1v) is 4.49. The Morgan fingerprint density at radius 2 is 2.21 bits per heavy atom. The summed E-state index contributed by atoms with van der Waals surface area (Å²) in [5.41, 5.74) is 1.63. The van der Waals surface area contributed by atoms with Gasteiger partial charge in [-0.2, -0.15) is 0 Å². The second-order valence-corrected chi connectivity index (χ2v) is 3.31. The number of carboxylic acid groups (broad SMARTS) is 1. The van der Waals surface area contributed by atoms with Gasteiger partial charge in [-0.15, -0.1) is 0 Å². The van der Waals surface area contributed by atoms with Crippen LogP contribution in [0.2, 0.25) is 0 Å². The van der Waals surface area contributed by atoms with Crippen molar-refractivity contribution in [2.24, 2.45) is 0 Å². The number of carbonyl (C=O) groups is 1. The standard InChI is InChI=1S/C10H11ClO3/c1-6-5-8(14-11)3-4-9(6)7(2)10(12)13/h3-5,7H,1-2H3,(H,12,13)/t7-/m1/s1. The molecule has 76 valence electrons. The largest absolute Gasteiger partial charge is 0.481 e. The van der Waals surface area contributed by atoms with Gasteiger partial charge in [0.1, 0.15) is 17.6 Å². The Hall–Kier alpha value is -1.22. The molecule has 0 unspecified atom stereocenters. The molecule has 1 aromatic carbocycles. The van der Waals surface area contributed by atoms with Gasteiger partial charge in [0.05, 0.1) is 5.92 Å². The minimum atomic E-state index is -0.840. The molecule has 0 aliphatic rings. The van der Waals surface area contributed by atoms with Gasteiger partial charge in [0.25, 0.3) is 0 Å². The van der Waals surface area contributed by atoms with Gasteiger partial charge in [-0.1, -0.05) is 6.07 Å². The van der Waals surface area contributed by atoms with E-state index in [1.54, 1.807) is 25.1 Å². The minimum absolute atomic E-state index is 0.514. The molecule has 0 fully saturated rings. The van der Waals surface area contributed by atoms with Crippen LogP contribution in [-0.2, 0) is 4.79 Å². The molecule has 0 aliphatic carbocycles. The summed E-state index contributed by atoms with van der Waals surface area (Å²) in [6, 6.07) is 5.07. The van der Waals surface area contributed by atoms with Gasteiger partial charge >= 0.3 is 5.97 Å². The molecule has 0 saturated carbocycles. The monoisotopic (exact) mass is 214 g/mol. The average Bonchev–Trinajstić information content (AvgIpc) is 2.16. The first kappa shape index (κ1) is 10.9. The van der Waals surface area contributed by atoms with Crippen LogP contribution in [0.3, 0.4) is 0 Å². The summed E-state index contributed by atoms with van der Waals surface area (Å²) in [7, 11) is 0. The summed E-state index contributed by atoms with van der Waals surface area (Å²) in [6.45, 7) is 3.47. The summed E-state index contributed by atoms with van der Waals surface area (Å²) < 4.78 is 4.52. The van der Waals surface area contributed by atoms with Crippen molar-refractivity contribution in [2.75, 3.05) is 0 Å². The van der Waals surface area contributed by atoms with E-state index in [2.05, 4.69) is 4.29 Å². The van der Waals surface area contributed by atoms with Gasteiger partial charge < -0.3 is 9.40 Å². The fourth-order valence-corrected chi connectivity index (χ4v) is 1.41. The smallest absolute Gasteiger partial charge is 0.310 e. The Balaban J connectivity index is 3.05. The number of rotatable bonds is 3. The molecular weight excluding hydrogens is 204 g/mol. The third-order valence-electron chi connectivity index (χ3n) is 2.17. The Labute approximate surface area is 87.4 Å². The molecule has 0 bridgehead atoms. The predicted molar refractivity (Wildman–Crippen MR) is 53.7 cm³/mol. The molecule has 14 heavy (non-hydrogen) atoms. The van der Waals surface area contributed by atoms with Gasteiger partial charge in [-0.3, -0.25) is 4.79 Å². The van der Waals surface area contributed by atoms with Crippen molar-refractivity contribution >= 4 is 17.8 Å². The Bertz CT molecular complexity index is 349. The first-order chi connectivity index (χ1) is 6.56. The third-order valence-corrected chi connectivity index (χ3v) is 2.35. The molecule has 0 aliphatic heterocycles. The van der Waals surface area contributed by atoms with Crippen LogP contribution in [-0.4, -0.2) is 11.1 Å². The fraction of sp³-hybridized carbons (Fsp3) is 0.300. The molecule has 4 heteroatoms. The Kier molecular flexibility index (Phi) is 3.36. The van der Waals surface area contributed by atoms with Crippen LogP contribution in [0, 0.1) is 6.92 Å². The lowest BCUT2D eigenvalue weighted by molar-refractivity contribution is -0.138. The van der Waals surface area contributed by atoms with Crippen molar-refractivity contribution < 1.29 is 14.2 Å². The maximum Gasteiger partial charge on any atom is 0.310 e. The van der Waals surface area contributed by atoms with Crippen molar-refractivity contribution in [2.45, 2.75) is 19.8 Å². The minimum Gasteiger partial charge on any atom is -0.481 e. The number of aryl methyl sites for hydroxylation is 1. The second-order valence-electron chi connectivity index (χ2n) is 3.16. The average molecular weight is 215 g/mol. The highest BCUT2D eigenvalue weighted by Gasteiger charge is 2.15. The van der Waals surface area contributed by atoms with Crippen molar-refractivity contribution in [3.05, 3.63) is 29.3 Å². The highest BCUT2D eigenvalue weighted by atomic mass is 35.5. The number of halogens is 1. The number of hydrogen-bond donors (Lipinski definition) is 1. The molecule has 0 saturated heterocycles. The van der Waals surface area contributed by atoms with Gasteiger partial charge in [-0.25, -0.2) is 0 Å². The van der Waals surface area contributed by atoms with Crippen LogP contribution in [0.4, 0.5) is 0 Å². The number of hydrogen-bond acceptors (Lipinski definition) is 2. The molecule has 3 nitrogen and oxygen atoms in total. The topological polar surface area (TPSA) is 46.5 Å². The van der Waals surface area contributed by atoms with Crippen LogP contribution >= 0.6 is 11.9 Å². The van der Waals surface area contributed by atoms with Gasteiger partial charge in [0.15, 0.2) is 0 Å². The van der Waals surface area contributed by atoms with E-state index in [0.29, 0.717) is 5.75 Å². The van der Waals surface area contributed by atoms with Gasteiger partial charge in [-0.05, 0) is 37.1 Å². The molecule has 1 rings (SSSR count). The van der Waals surface area contributed by atoms with Crippen LogP contribution in [0.25, 0.3) is 0 Å². The van der Waals surface area contributed by atoms with Crippen LogP contribution < -0.4 is 4.29 Å². The van der Waals surface area contributed by atoms with Crippen molar-refractivity contribution in [1.82, 2.24) is 0 Å². The Morgan fingerprint density at radius 3 is 2.64 bits per heavy atom. The quantitative estimate of drug-likeness (QED) is 0.842. The van der Waals surface area contributed by atoms with E-state index in [-0.39, 0.29) is 0 Å². The van der Waals surface area contributed by atoms with E-state index in [1.807, 2.05) is 6.92 Å². The molecule has 1 N–H and O–H groups in total. The van der Waals surface area contributed by atoms with Crippen molar-refractivity contribution in [3.63, 3.8) is 0 Å². The van der Waals surface area contributed by atoms with E-state index in [0.717, 1.165) is 11.1 Å². The maximum atomic E-state index is 10.7. The van der Waals surface area contributed by atoms with Crippen LogP contribution in [0.5, 0.6) is 5.75 Å². The second kappa shape index (κ2) is 4.33. The molecule has 0 radical (unpaired) electrons. The van der Waals surface area contributed by atoms with E-state index in [4.69, 9.17) is 17.0 Å². The summed E-state index contributed by atoms with van der Waals surface area (Å²) in [6.07, 6.45) is 0. The fourth-order valence-electron chi connectivity index (χ4n) is 1.32. The Morgan fingerprint density at radius 1 is 1.57 bits per heavy atom. The maximum absolute atomic E-state index is 10.7. The highest BCUT2D eigenvalue weighted by molar-refractivity contribution is 6.09. The van der Waals surface area contributed by atoms with E-state index in [9.17, 15) is 4.79 Å². The molecular formula is C10H11ClO3. The molecule has 0 amide bonds. The zero-order chi connectivity index (χ0) is 10.7. The van der Waals surface area contributed by atoms with E-state index >= 15 is 0 Å². The predicted octanol–water partition coefficient (Wildman–Crippen LogP) is 2.72. The molecule has 0 aromatic heterocycles. The van der Waals surface area contributed by atoms with Crippen molar-refractivity contribution in [1.29, 1.82) is 0 Å².